The second-order valence-corrected chi connectivity index (χ2v) is 8.98. The highest BCUT2D eigenvalue weighted by molar-refractivity contribution is 7.94. The van der Waals surface area contributed by atoms with Gasteiger partial charge in [0, 0.05) is 13.1 Å². The zero-order chi connectivity index (χ0) is 18.2. The van der Waals surface area contributed by atoms with E-state index in [1.54, 1.807) is 6.92 Å². The van der Waals surface area contributed by atoms with Gasteiger partial charge in [0.1, 0.15) is 4.90 Å². The van der Waals surface area contributed by atoms with E-state index in [9.17, 15) is 30.0 Å². The molecule has 1 aliphatic heterocycles. The molecule has 0 amide bonds. The maximum atomic E-state index is 12.8. The van der Waals surface area contributed by atoms with Crippen molar-refractivity contribution in [3.05, 3.63) is 24.3 Å². The summed E-state index contributed by atoms with van der Waals surface area (Å²) in [6.07, 6.45) is 0.133. The highest BCUT2D eigenvalue weighted by Crippen LogP contribution is 2.35. The number of morpholine rings is 1. The van der Waals surface area contributed by atoms with Gasteiger partial charge in [-0.1, -0.05) is 19.1 Å². The number of sulfonamides is 1. The second-order valence-electron chi connectivity index (χ2n) is 5.16. The smallest absolute Gasteiger partial charge is 0.375 e. The highest BCUT2D eigenvalue weighted by atomic mass is 32.2. The predicted octanol–water partition coefficient (Wildman–Crippen LogP) is 1.78. The second kappa shape index (κ2) is 6.62. The summed E-state index contributed by atoms with van der Waals surface area (Å²) in [6, 6.07) is 3.74. The SMILES string of the molecule is CCC1CN(S(=O)(=O)c2ccccc2S(=O)(=O)C(F)(F)F)CCO1. The van der Waals surface area contributed by atoms with Crippen LogP contribution in [0.5, 0.6) is 0 Å². The van der Waals surface area contributed by atoms with E-state index in [0.717, 1.165) is 16.4 Å². The van der Waals surface area contributed by atoms with Crippen LogP contribution in [0.15, 0.2) is 34.1 Å². The van der Waals surface area contributed by atoms with Crippen molar-refractivity contribution < 1.29 is 34.7 Å². The van der Waals surface area contributed by atoms with Crippen LogP contribution in [-0.2, 0) is 24.6 Å². The van der Waals surface area contributed by atoms with Crippen molar-refractivity contribution >= 4 is 19.9 Å². The van der Waals surface area contributed by atoms with E-state index >= 15 is 0 Å². The molecule has 1 fully saturated rings. The van der Waals surface area contributed by atoms with Gasteiger partial charge in [0.15, 0.2) is 0 Å². The summed E-state index contributed by atoms with van der Waals surface area (Å²) in [5, 5.41) is 0. The number of sulfone groups is 1. The lowest BCUT2D eigenvalue weighted by Crippen LogP contribution is -2.45. The van der Waals surface area contributed by atoms with Crippen LogP contribution in [0.3, 0.4) is 0 Å². The average molecular weight is 387 g/mol. The van der Waals surface area contributed by atoms with Crippen LogP contribution in [0.2, 0.25) is 0 Å². The lowest BCUT2D eigenvalue weighted by atomic mass is 10.2. The first-order chi connectivity index (χ1) is 11.0. The fraction of sp³-hybridized carbons (Fsp3) is 0.538. The fourth-order valence-electron chi connectivity index (χ4n) is 2.31. The molecule has 2 rings (SSSR count). The van der Waals surface area contributed by atoms with Crippen LogP contribution >= 0.6 is 0 Å². The molecule has 0 radical (unpaired) electrons. The van der Waals surface area contributed by atoms with Crippen LogP contribution in [-0.4, -0.2) is 52.4 Å². The molecule has 0 aliphatic carbocycles. The molecule has 0 N–H and O–H groups in total. The van der Waals surface area contributed by atoms with Crippen molar-refractivity contribution in [3.8, 4) is 0 Å². The summed E-state index contributed by atoms with van der Waals surface area (Å²) in [5.41, 5.74) is -5.59. The van der Waals surface area contributed by atoms with E-state index in [0.29, 0.717) is 12.5 Å². The summed E-state index contributed by atoms with van der Waals surface area (Å²) in [5.74, 6) is 0. The Hall–Kier alpha value is -1.17. The normalized spacial score (nSPS) is 20.9. The van der Waals surface area contributed by atoms with Crippen molar-refractivity contribution in [1.82, 2.24) is 4.31 Å². The van der Waals surface area contributed by atoms with Crippen LogP contribution in [0.1, 0.15) is 13.3 Å². The third-order valence-electron chi connectivity index (χ3n) is 3.62. The largest absolute Gasteiger partial charge is 0.501 e. The quantitative estimate of drug-likeness (QED) is 0.787. The van der Waals surface area contributed by atoms with E-state index in [-0.39, 0.29) is 25.8 Å². The van der Waals surface area contributed by atoms with E-state index in [4.69, 9.17) is 4.74 Å². The van der Waals surface area contributed by atoms with Gasteiger partial charge in [-0.2, -0.15) is 17.5 Å². The van der Waals surface area contributed by atoms with Crippen LogP contribution in [0, 0.1) is 0 Å². The molecule has 24 heavy (non-hydrogen) atoms. The summed E-state index contributed by atoms with van der Waals surface area (Å²) < 4.78 is 93.5. The molecular weight excluding hydrogens is 371 g/mol. The molecule has 0 aromatic heterocycles. The Morgan fingerprint density at radius 1 is 1.17 bits per heavy atom. The molecule has 1 aliphatic rings. The van der Waals surface area contributed by atoms with Gasteiger partial charge >= 0.3 is 5.51 Å². The molecule has 6 nitrogen and oxygen atoms in total. The number of nitrogens with zero attached hydrogens (tertiary/aromatic N) is 1. The van der Waals surface area contributed by atoms with E-state index in [2.05, 4.69) is 0 Å². The first-order valence-electron chi connectivity index (χ1n) is 7.04. The number of benzene rings is 1. The highest BCUT2D eigenvalue weighted by Gasteiger charge is 2.49. The number of hydrogen-bond donors (Lipinski definition) is 0. The Bertz CT molecular complexity index is 805. The van der Waals surface area contributed by atoms with Gasteiger partial charge in [-0.05, 0) is 18.6 Å². The van der Waals surface area contributed by atoms with Crippen LogP contribution in [0.4, 0.5) is 13.2 Å². The number of alkyl halides is 3. The lowest BCUT2D eigenvalue weighted by Gasteiger charge is -2.32. The first kappa shape index (κ1) is 19.2. The monoisotopic (exact) mass is 387 g/mol. The molecule has 0 bridgehead atoms. The van der Waals surface area contributed by atoms with Gasteiger partial charge in [0.05, 0.1) is 17.6 Å². The summed E-state index contributed by atoms with van der Waals surface area (Å²) >= 11 is 0. The van der Waals surface area contributed by atoms with Gasteiger partial charge in [-0.15, -0.1) is 0 Å². The Balaban J connectivity index is 2.53. The van der Waals surface area contributed by atoms with Crippen molar-refractivity contribution in [3.63, 3.8) is 0 Å². The molecule has 1 atom stereocenters. The standard InChI is InChI=1S/C13H16F3NO5S2/c1-2-10-9-17(7-8-22-10)24(20,21)12-6-4-3-5-11(12)23(18,19)13(14,15)16/h3-6,10H,2,7-9H2,1H3. The van der Waals surface area contributed by atoms with Crippen LogP contribution < -0.4 is 0 Å². The number of halogens is 3. The van der Waals surface area contributed by atoms with E-state index in [1.165, 1.54) is 6.07 Å². The van der Waals surface area contributed by atoms with Crippen molar-refractivity contribution in [2.75, 3.05) is 19.7 Å². The minimum Gasteiger partial charge on any atom is -0.375 e. The van der Waals surface area contributed by atoms with Gasteiger partial charge in [-0.3, -0.25) is 0 Å². The zero-order valence-electron chi connectivity index (χ0n) is 12.7. The molecule has 0 saturated carbocycles. The number of rotatable bonds is 4. The molecule has 1 unspecified atom stereocenters. The molecule has 0 spiro atoms. The van der Waals surface area contributed by atoms with Crippen molar-refractivity contribution in [2.24, 2.45) is 0 Å². The Labute approximate surface area is 138 Å². The summed E-state index contributed by atoms with van der Waals surface area (Å²) in [6.45, 7) is 1.77. The minimum atomic E-state index is -5.79. The van der Waals surface area contributed by atoms with Gasteiger partial charge < -0.3 is 4.74 Å². The average Bonchev–Trinajstić information content (AvgIpc) is 2.54. The van der Waals surface area contributed by atoms with Crippen LogP contribution in [0.25, 0.3) is 0 Å². The van der Waals surface area contributed by atoms with E-state index < -0.39 is 35.2 Å². The molecule has 136 valence electrons. The molecular formula is C13H16F3NO5S2. The maximum absolute atomic E-state index is 12.8. The van der Waals surface area contributed by atoms with Gasteiger partial charge in [0.2, 0.25) is 10.0 Å². The predicted molar refractivity (Wildman–Crippen MR) is 78.5 cm³/mol. The lowest BCUT2D eigenvalue weighted by molar-refractivity contribution is -0.0437. The maximum Gasteiger partial charge on any atom is 0.501 e. The summed E-state index contributed by atoms with van der Waals surface area (Å²) in [4.78, 5) is -2.14. The topological polar surface area (TPSA) is 80.8 Å². The first-order valence-corrected chi connectivity index (χ1v) is 9.96. The van der Waals surface area contributed by atoms with E-state index in [1.807, 2.05) is 0 Å². The molecule has 1 heterocycles. The zero-order valence-corrected chi connectivity index (χ0v) is 14.3. The van der Waals surface area contributed by atoms with Crippen molar-refractivity contribution in [2.45, 2.75) is 34.7 Å². The Kier molecular flexibility index (Phi) is 5.28. The molecule has 11 heteroatoms. The summed E-state index contributed by atoms with van der Waals surface area (Å²) in [7, 11) is -10.2. The van der Waals surface area contributed by atoms with Gasteiger partial charge in [-0.25, -0.2) is 16.8 Å². The molecule has 1 aromatic rings. The third-order valence-corrected chi connectivity index (χ3v) is 7.22. The number of ether oxygens (including phenoxy) is 1. The van der Waals surface area contributed by atoms with Gasteiger partial charge in [0.25, 0.3) is 9.84 Å². The minimum absolute atomic E-state index is 0.0424. The van der Waals surface area contributed by atoms with Crippen molar-refractivity contribution in [1.29, 1.82) is 0 Å². The molecule has 1 saturated heterocycles. The molecule has 1 aromatic carbocycles. The third kappa shape index (κ3) is 3.44. The number of hydrogen-bond acceptors (Lipinski definition) is 5. The Morgan fingerprint density at radius 3 is 2.29 bits per heavy atom. The Morgan fingerprint density at radius 2 is 1.75 bits per heavy atom. The fourth-order valence-corrected chi connectivity index (χ4v) is 5.32.